The summed E-state index contributed by atoms with van der Waals surface area (Å²) in [5.74, 6) is -0.658. The van der Waals surface area contributed by atoms with Gasteiger partial charge in [0.25, 0.3) is 0 Å². The lowest BCUT2D eigenvalue weighted by molar-refractivity contribution is -0.131. The van der Waals surface area contributed by atoms with Crippen LogP contribution in [-0.4, -0.2) is 60.4 Å². The maximum atomic E-state index is 14.2. The third kappa shape index (κ3) is 5.68. The number of rotatable bonds is 8. The molecule has 6 heteroatoms. The molecule has 0 spiro atoms. The lowest BCUT2D eigenvalue weighted by atomic mass is 9.92. The van der Waals surface area contributed by atoms with Crippen molar-refractivity contribution in [3.8, 4) is 0 Å². The molecule has 0 aliphatic heterocycles. The highest BCUT2D eigenvalue weighted by Gasteiger charge is 2.32. The van der Waals surface area contributed by atoms with Crippen molar-refractivity contribution in [3.05, 3.63) is 70.5 Å². The van der Waals surface area contributed by atoms with E-state index in [4.69, 9.17) is 0 Å². The average Bonchev–Trinajstić information content (AvgIpc) is 3.03. The van der Waals surface area contributed by atoms with Crippen molar-refractivity contribution >= 4 is 33.9 Å². The molecule has 33 heavy (non-hydrogen) atoms. The van der Waals surface area contributed by atoms with Crippen molar-refractivity contribution in [3.63, 3.8) is 0 Å². The van der Waals surface area contributed by atoms with Gasteiger partial charge >= 0.3 is 0 Å². The molecule has 2 unspecified atom stereocenters. The van der Waals surface area contributed by atoms with Gasteiger partial charge in [0, 0.05) is 35.5 Å². The highest BCUT2D eigenvalue weighted by atomic mass is 32.2. The number of benzene rings is 2. The number of nitrogens with zero attached hydrogens (tertiary/aromatic N) is 2. The molecule has 1 aliphatic carbocycles. The maximum absolute atomic E-state index is 14.2. The molecule has 0 heterocycles. The minimum Gasteiger partial charge on any atom is -0.345 e. The standard InChI is InChI=1S/C27H33FN2O2S/c1-18-24(16-20-8-11-22(12-9-20)33(6)32)23-13-10-21(28)17-25(23)26(18)19(2)27(31)30(5)15-7-14-29(3)4/h8-13,16-17,19H,7,14-15H2,1-6H3/b24-16-. The molecule has 0 bridgehead atoms. The molecule has 0 aromatic heterocycles. The van der Waals surface area contributed by atoms with E-state index in [2.05, 4.69) is 11.0 Å². The first kappa shape index (κ1) is 25.1. The summed E-state index contributed by atoms with van der Waals surface area (Å²) in [7, 11) is 4.84. The van der Waals surface area contributed by atoms with E-state index in [1.54, 1.807) is 17.2 Å². The molecule has 2 aromatic rings. The molecule has 2 atom stereocenters. The van der Waals surface area contributed by atoms with Crippen LogP contribution in [0.15, 0.2) is 52.9 Å². The van der Waals surface area contributed by atoms with Gasteiger partial charge in [0.05, 0.1) is 5.92 Å². The van der Waals surface area contributed by atoms with Crippen LogP contribution in [0.5, 0.6) is 0 Å². The summed E-state index contributed by atoms with van der Waals surface area (Å²) >= 11 is 0. The zero-order valence-electron chi connectivity index (χ0n) is 20.3. The normalized spacial score (nSPS) is 16.3. The quantitative estimate of drug-likeness (QED) is 0.551. The van der Waals surface area contributed by atoms with Gasteiger partial charge < -0.3 is 9.80 Å². The molecule has 3 rings (SSSR count). The molecule has 1 amide bonds. The van der Waals surface area contributed by atoms with E-state index in [9.17, 15) is 13.4 Å². The highest BCUT2D eigenvalue weighted by Crippen LogP contribution is 2.45. The average molecular weight is 469 g/mol. The van der Waals surface area contributed by atoms with E-state index in [0.29, 0.717) is 6.54 Å². The van der Waals surface area contributed by atoms with Gasteiger partial charge in [0.2, 0.25) is 5.91 Å². The molecule has 1 aliphatic rings. The Morgan fingerprint density at radius 3 is 2.33 bits per heavy atom. The van der Waals surface area contributed by atoms with Crippen molar-refractivity contribution in [2.75, 3.05) is 40.5 Å². The van der Waals surface area contributed by atoms with E-state index < -0.39 is 10.8 Å². The second-order valence-corrected chi connectivity index (χ2v) is 10.3. The Morgan fingerprint density at radius 2 is 1.73 bits per heavy atom. The first-order chi connectivity index (χ1) is 15.6. The monoisotopic (exact) mass is 468 g/mol. The highest BCUT2D eigenvalue weighted by molar-refractivity contribution is 7.84. The third-order valence-corrected chi connectivity index (χ3v) is 7.11. The van der Waals surface area contributed by atoms with Gasteiger partial charge in [-0.25, -0.2) is 4.39 Å². The van der Waals surface area contributed by atoms with E-state index in [1.807, 2.05) is 59.3 Å². The summed E-state index contributed by atoms with van der Waals surface area (Å²) in [6.07, 6.45) is 4.61. The number of allylic oxidation sites excluding steroid dienone is 2. The largest absolute Gasteiger partial charge is 0.345 e. The maximum Gasteiger partial charge on any atom is 0.229 e. The molecule has 0 N–H and O–H groups in total. The SMILES string of the molecule is CC1=C(C(C)C(=O)N(C)CCCN(C)C)c2cc(F)ccc2/C1=C\c1ccc(S(C)=O)cc1. The van der Waals surface area contributed by atoms with Crippen molar-refractivity contribution in [2.45, 2.75) is 25.2 Å². The van der Waals surface area contributed by atoms with Crippen LogP contribution in [-0.2, 0) is 15.6 Å². The second-order valence-electron chi connectivity index (χ2n) is 8.95. The summed E-state index contributed by atoms with van der Waals surface area (Å²) in [5, 5.41) is 0. The molecule has 0 fully saturated rings. The van der Waals surface area contributed by atoms with Crippen LogP contribution in [0.4, 0.5) is 4.39 Å². The van der Waals surface area contributed by atoms with Gasteiger partial charge in [-0.15, -0.1) is 0 Å². The van der Waals surface area contributed by atoms with E-state index in [-0.39, 0.29) is 17.6 Å². The van der Waals surface area contributed by atoms with Gasteiger partial charge in [-0.3, -0.25) is 9.00 Å². The summed E-state index contributed by atoms with van der Waals surface area (Å²) < 4.78 is 25.9. The van der Waals surface area contributed by atoms with Crippen LogP contribution in [0, 0.1) is 11.7 Å². The van der Waals surface area contributed by atoms with Crippen LogP contribution in [0.1, 0.15) is 37.0 Å². The molecule has 2 aromatic carbocycles. The number of fused-ring (bicyclic) bond motifs is 1. The van der Waals surface area contributed by atoms with E-state index in [1.165, 1.54) is 12.1 Å². The van der Waals surface area contributed by atoms with Gasteiger partial charge in [0.1, 0.15) is 5.82 Å². The lowest BCUT2D eigenvalue weighted by Crippen LogP contribution is -2.34. The smallest absolute Gasteiger partial charge is 0.229 e. The predicted molar refractivity (Wildman–Crippen MR) is 136 cm³/mol. The minimum absolute atomic E-state index is 0.0364. The van der Waals surface area contributed by atoms with E-state index in [0.717, 1.165) is 51.3 Å². The first-order valence-electron chi connectivity index (χ1n) is 11.2. The Bertz CT molecular complexity index is 1120. The Hall–Kier alpha value is -2.57. The third-order valence-electron chi connectivity index (χ3n) is 6.17. The lowest BCUT2D eigenvalue weighted by Gasteiger charge is -2.24. The molecule has 176 valence electrons. The van der Waals surface area contributed by atoms with Crippen molar-refractivity contribution in [1.82, 2.24) is 9.80 Å². The van der Waals surface area contributed by atoms with Crippen LogP contribution in [0.2, 0.25) is 0 Å². The van der Waals surface area contributed by atoms with Crippen molar-refractivity contribution in [2.24, 2.45) is 5.92 Å². The summed E-state index contributed by atoms with van der Waals surface area (Å²) in [6, 6.07) is 12.4. The zero-order chi connectivity index (χ0) is 24.3. The molecular weight excluding hydrogens is 435 g/mol. The number of hydrogen-bond acceptors (Lipinski definition) is 3. The summed E-state index contributed by atoms with van der Waals surface area (Å²) in [5.41, 5.74) is 5.54. The summed E-state index contributed by atoms with van der Waals surface area (Å²) in [4.78, 5) is 17.9. The fraction of sp³-hybridized carbons (Fsp3) is 0.370. The number of amides is 1. The van der Waals surface area contributed by atoms with Crippen molar-refractivity contribution < 1.29 is 13.4 Å². The Kier molecular flexibility index (Phi) is 8.03. The van der Waals surface area contributed by atoms with Crippen LogP contribution in [0.3, 0.4) is 0 Å². The van der Waals surface area contributed by atoms with Gasteiger partial charge in [-0.2, -0.15) is 0 Å². The molecule has 0 radical (unpaired) electrons. The van der Waals surface area contributed by atoms with Gasteiger partial charge in [-0.05, 0) is 105 Å². The molecule has 0 saturated carbocycles. The number of hydrogen-bond donors (Lipinski definition) is 0. The Balaban J connectivity index is 1.96. The fourth-order valence-electron chi connectivity index (χ4n) is 4.38. The number of halogens is 1. The molecule has 4 nitrogen and oxygen atoms in total. The second kappa shape index (κ2) is 10.6. The number of carbonyl (C=O) groups excluding carboxylic acids is 1. The molecular formula is C27H33FN2O2S. The summed E-state index contributed by atoms with van der Waals surface area (Å²) in [6.45, 7) is 5.51. The molecule has 0 saturated heterocycles. The number of carbonyl (C=O) groups is 1. The van der Waals surface area contributed by atoms with E-state index >= 15 is 0 Å². The minimum atomic E-state index is -1.03. The van der Waals surface area contributed by atoms with Gasteiger partial charge in [0.15, 0.2) is 0 Å². The topological polar surface area (TPSA) is 40.6 Å². The Morgan fingerprint density at radius 1 is 1.06 bits per heavy atom. The van der Waals surface area contributed by atoms with Crippen LogP contribution >= 0.6 is 0 Å². The van der Waals surface area contributed by atoms with Crippen molar-refractivity contribution in [1.29, 1.82) is 0 Å². The first-order valence-corrected chi connectivity index (χ1v) is 12.7. The Labute approximate surface area is 199 Å². The zero-order valence-corrected chi connectivity index (χ0v) is 21.1. The van der Waals surface area contributed by atoms with Crippen LogP contribution in [0.25, 0.3) is 17.2 Å². The predicted octanol–water partition coefficient (Wildman–Crippen LogP) is 4.94. The van der Waals surface area contributed by atoms with Gasteiger partial charge in [-0.1, -0.05) is 18.2 Å². The van der Waals surface area contributed by atoms with Crippen LogP contribution < -0.4 is 0 Å². The fourth-order valence-corrected chi connectivity index (χ4v) is 4.90.